The minimum atomic E-state index is -0.862. The Bertz CT molecular complexity index is 572. The maximum absolute atomic E-state index is 13.3. The summed E-state index contributed by atoms with van der Waals surface area (Å²) in [6.07, 6.45) is -0.862. The molecule has 3 N–H and O–H groups in total. The maximum Gasteiger partial charge on any atom is 0.126 e. The van der Waals surface area contributed by atoms with Crippen molar-refractivity contribution in [1.29, 1.82) is 0 Å². The molecule has 2 nitrogen and oxygen atoms in total. The Balaban J connectivity index is 2.36. The van der Waals surface area contributed by atoms with Gasteiger partial charge in [-0.3, -0.25) is 0 Å². The molecule has 0 aliphatic carbocycles. The number of aliphatic hydroxyl groups excluding tert-OH is 1. The molecule has 2 unspecified atom stereocenters. The molecule has 0 aliphatic heterocycles. The van der Waals surface area contributed by atoms with E-state index in [1.807, 2.05) is 19.9 Å². The van der Waals surface area contributed by atoms with E-state index in [9.17, 15) is 13.9 Å². The van der Waals surface area contributed by atoms with E-state index in [0.717, 1.165) is 21.4 Å². The standard InChI is InChI=1S/C15H17F2NOS/c1-8-3-14(20-9(8)2)15(19)13(7-18)10-4-11(16)6-12(17)5-10/h3-6,13,15,19H,7,18H2,1-2H3. The third kappa shape index (κ3) is 3.06. The van der Waals surface area contributed by atoms with Crippen molar-refractivity contribution in [1.82, 2.24) is 0 Å². The van der Waals surface area contributed by atoms with E-state index < -0.39 is 23.7 Å². The Morgan fingerprint density at radius 3 is 2.20 bits per heavy atom. The highest BCUT2D eigenvalue weighted by molar-refractivity contribution is 7.12. The largest absolute Gasteiger partial charge is 0.387 e. The van der Waals surface area contributed by atoms with Gasteiger partial charge in [0.2, 0.25) is 0 Å². The molecule has 2 rings (SSSR count). The summed E-state index contributed by atoms with van der Waals surface area (Å²) in [5.74, 6) is -1.86. The summed E-state index contributed by atoms with van der Waals surface area (Å²) in [6, 6.07) is 5.14. The molecule has 2 atom stereocenters. The van der Waals surface area contributed by atoms with Gasteiger partial charge in [-0.25, -0.2) is 8.78 Å². The zero-order valence-electron chi connectivity index (χ0n) is 11.4. The third-order valence-corrected chi connectivity index (χ3v) is 4.65. The van der Waals surface area contributed by atoms with E-state index in [2.05, 4.69) is 0 Å². The van der Waals surface area contributed by atoms with Crippen LogP contribution in [-0.2, 0) is 0 Å². The van der Waals surface area contributed by atoms with Crippen LogP contribution in [-0.4, -0.2) is 11.7 Å². The molecule has 0 aliphatic rings. The number of thiophene rings is 1. The molecular weight excluding hydrogens is 280 g/mol. The van der Waals surface area contributed by atoms with Gasteiger partial charge in [-0.15, -0.1) is 11.3 Å². The summed E-state index contributed by atoms with van der Waals surface area (Å²) in [7, 11) is 0. The van der Waals surface area contributed by atoms with Crippen LogP contribution in [0.2, 0.25) is 0 Å². The summed E-state index contributed by atoms with van der Waals surface area (Å²) >= 11 is 1.48. The Kier molecular flexibility index (Phi) is 4.52. The number of rotatable bonds is 4. The Hall–Kier alpha value is -1.30. The van der Waals surface area contributed by atoms with Gasteiger partial charge in [0.1, 0.15) is 11.6 Å². The first-order chi connectivity index (χ1) is 9.42. The van der Waals surface area contributed by atoms with Gasteiger partial charge in [-0.05, 0) is 43.2 Å². The Morgan fingerprint density at radius 2 is 1.75 bits per heavy atom. The van der Waals surface area contributed by atoms with Gasteiger partial charge in [0.05, 0.1) is 6.10 Å². The molecule has 5 heteroatoms. The molecule has 0 spiro atoms. The van der Waals surface area contributed by atoms with Gasteiger partial charge in [0.25, 0.3) is 0 Å². The number of benzene rings is 1. The van der Waals surface area contributed by atoms with Crippen LogP contribution >= 0.6 is 11.3 Å². The molecule has 0 saturated heterocycles. The summed E-state index contributed by atoms with van der Waals surface area (Å²) in [5.41, 5.74) is 7.15. The van der Waals surface area contributed by atoms with Crippen LogP contribution in [0.25, 0.3) is 0 Å². The molecular formula is C15H17F2NOS. The average Bonchev–Trinajstić information content (AvgIpc) is 2.69. The highest BCUT2D eigenvalue weighted by Crippen LogP contribution is 2.35. The van der Waals surface area contributed by atoms with Gasteiger partial charge in [0.15, 0.2) is 0 Å². The van der Waals surface area contributed by atoms with Gasteiger partial charge in [0, 0.05) is 28.3 Å². The lowest BCUT2D eigenvalue weighted by atomic mass is 9.92. The second-order valence-electron chi connectivity index (χ2n) is 4.88. The molecule has 0 fully saturated rings. The van der Waals surface area contributed by atoms with Crippen LogP contribution in [0, 0.1) is 25.5 Å². The van der Waals surface area contributed by atoms with Gasteiger partial charge in [-0.2, -0.15) is 0 Å². The van der Waals surface area contributed by atoms with Gasteiger partial charge >= 0.3 is 0 Å². The maximum atomic E-state index is 13.3. The average molecular weight is 297 g/mol. The van der Waals surface area contributed by atoms with Crippen molar-refractivity contribution < 1.29 is 13.9 Å². The zero-order valence-corrected chi connectivity index (χ0v) is 12.2. The number of aliphatic hydroxyl groups is 1. The SMILES string of the molecule is Cc1cc(C(O)C(CN)c2cc(F)cc(F)c2)sc1C. The van der Waals surface area contributed by atoms with Crippen molar-refractivity contribution in [2.45, 2.75) is 25.9 Å². The van der Waals surface area contributed by atoms with Crippen molar-refractivity contribution in [3.05, 3.63) is 56.8 Å². The minimum Gasteiger partial charge on any atom is -0.387 e. The fourth-order valence-electron chi connectivity index (χ4n) is 2.18. The van der Waals surface area contributed by atoms with Crippen LogP contribution in [0.5, 0.6) is 0 Å². The first kappa shape index (κ1) is 15.1. The van der Waals surface area contributed by atoms with E-state index in [4.69, 9.17) is 5.73 Å². The lowest BCUT2D eigenvalue weighted by molar-refractivity contribution is 0.151. The summed E-state index contributed by atoms with van der Waals surface area (Å²) in [4.78, 5) is 1.88. The van der Waals surface area contributed by atoms with Crippen molar-refractivity contribution >= 4 is 11.3 Å². The summed E-state index contributed by atoms with van der Waals surface area (Å²) in [6.45, 7) is 4.04. The topological polar surface area (TPSA) is 46.2 Å². The van der Waals surface area contributed by atoms with E-state index in [0.29, 0.717) is 5.56 Å². The fraction of sp³-hybridized carbons (Fsp3) is 0.333. The highest BCUT2D eigenvalue weighted by Gasteiger charge is 2.24. The number of nitrogens with two attached hydrogens (primary N) is 1. The molecule has 20 heavy (non-hydrogen) atoms. The molecule has 0 radical (unpaired) electrons. The molecule has 1 aromatic heterocycles. The Labute approximate surface area is 120 Å². The van der Waals surface area contributed by atoms with Crippen LogP contribution in [0.15, 0.2) is 24.3 Å². The highest BCUT2D eigenvalue weighted by atomic mass is 32.1. The second-order valence-corrected chi connectivity index (χ2v) is 6.17. The van der Waals surface area contributed by atoms with Crippen LogP contribution in [0.1, 0.15) is 32.9 Å². The number of hydrogen-bond acceptors (Lipinski definition) is 3. The molecule has 0 amide bonds. The van der Waals surface area contributed by atoms with Crippen LogP contribution in [0.3, 0.4) is 0 Å². The molecule has 0 bridgehead atoms. The van der Waals surface area contributed by atoms with E-state index in [-0.39, 0.29) is 6.54 Å². The van der Waals surface area contributed by atoms with E-state index in [1.165, 1.54) is 23.5 Å². The predicted octanol–water partition coefficient (Wildman–Crippen LogP) is 3.42. The molecule has 2 aromatic rings. The lowest BCUT2D eigenvalue weighted by Gasteiger charge is -2.21. The number of hydrogen-bond donors (Lipinski definition) is 2. The lowest BCUT2D eigenvalue weighted by Crippen LogP contribution is -2.20. The quantitative estimate of drug-likeness (QED) is 0.908. The minimum absolute atomic E-state index is 0.111. The Morgan fingerprint density at radius 1 is 1.15 bits per heavy atom. The van der Waals surface area contributed by atoms with Crippen molar-refractivity contribution in [3.63, 3.8) is 0 Å². The predicted molar refractivity (Wildman–Crippen MR) is 76.9 cm³/mol. The molecule has 1 heterocycles. The van der Waals surface area contributed by atoms with Crippen molar-refractivity contribution in [2.24, 2.45) is 5.73 Å². The number of halogens is 2. The fourth-order valence-corrected chi connectivity index (χ4v) is 3.28. The zero-order chi connectivity index (χ0) is 14.9. The van der Waals surface area contributed by atoms with Crippen molar-refractivity contribution in [2.75, 3.05) is 6.54 Å². The smallest absolute Gasteiger partial charge is 0.126 e. The molecule has 0 saturated carbocycles. The monoisotopic (exact) mass is 297 g/mol. The molecule has 1 aromatic carbocycles. The summed E-state index contributed by atoms with van der Waals surface area (Å²) in [5, 5.41) is 10.4. The molecule has 108 valence electrons. The van der Waals surface area contributed by atoms with Crippen LogP contribution in [0.4, 0.5) is 8.78 Å². The van der Waals surface area contributed by atoms with Gasteiger partial charge in [-0.1, -0.05) is 0 Å². The van der Waals surface area contributed by atoms with E-state index in [1.54, 1.807) is 0 Å². The second kappa shape index (κ2) is 5.99. The van der Waals surface area contributed by atoms with Crippen molar-refractivity contribution in [3.8, 4) is 0 Å². The van der Waals surface area contributed by atoms with Gasteiger partial charge < -0.3 is 10.8 Å². The first-order valence-corrected chi connectivity index (χ1v) is 7.15. The normalized spacial score (nSPS) is 14.3. The third-order valence-electron chi connectivity index (χ3n) is 3.42. The van der Waals surface area contributed by atoms with E-state index >= 15 is 0 Å². The first-order valence-electron chi connectivity index (χ1n) is 6.33. The number of aryl methyl sites for hydroxylation is 2. The van der Waals surface area contributed by atoms with Crippen LogP contribution < -0.4 is 5.73 Å². The summed E-state index contributed by atoms with van der Waals surface area (Å²) < 4.78 is 26.6.